The van der Waals surface area contributed by atoms with Gasteiger partial charge in [-0.3, -0.25) is 0 Å². The highest BCUT2D eigenvalue weighted by molar-refractivity contribution is 5.98. The molecule has 0 unspecified atom stereocenters. The van der Waals surface area contributed by atoms with E-state index in [4.69, 9.17) is 10.5 Å². The first kappa shape index (κ1) is 13.1. The third-order valence-corrected chi connectivity index (χ3v) is 3.23. The number of hydrogen-bond acceptors (Lipinski definition) is 4. The van der Waals surface area contributed by atoms with Gasteiger partial charge in [0, 0.05) is 11.8 Å². The second-order valence-electron chi connectivity index (χ2n) is 4.39. The lowest BCUT2D eigenvalue weighted by Crippen LogP contribution is -2.06. The number of hydrogen-bond donors (Lipinski definition) is 1. The van der Waals surface area contributed by atoms with E-state index in [0.29, 0.717) is 11.4 Å². The molecule has 0 saturated heterocycles. The van der Waals surface area contributed by atoms with Gasteiger partial charge in [-0.25, -0.2) is 9.78 Å². The molecule has 0 aliphatic heterocycles. The Hall–Kier alpha value is -2.36. The van der Waals surface area contributed by atoms with Crippen molar-refractivity contribution in [1.29, 1.82) is 0 Å². The molecule has 0 spiro atoms. The van der Waals surface area contributed by atoms with Crippen molar-refractivity contribution in [3.05, 3.63) is 47.2 Å². The summed E-state index contributed by atoms with van der Waals surface area (Å²) in [6.45, 7) is 4.05. The van der Waals surface area contributed by atoms with Gasteiger partial charge in [-0.05, 0) is 36.6 Å². The zero-order chi connectivity index (χ0) is 14.0. The van der Waals surface area contributed by atoms with Crippen LogP contribution in [0, 0.1) is 13.8 Å². The Labute approximate surface area is 112 Å². The number of aryl methyl sites for hydroxylation is 1. The molecule has 2 rings (SSSR count). The molecule has 1 aromatic carbocycles. The van der Waals surface area contributed by atoms with Crippen molar-refractivity contribution in [1.82, 2.24) is 4.98 Å². The average molecular weight is 256 g/mol. The van der Waals surface area contributed by atoms with Crippen LogP contribution in [0.15, 0.2) is 30.5 Å². The number of benzene rings is 1. The molecule has 0 amide bonds. The van der Waals surface area contributed by atoms with E-state index >= 15 is 0 Å². The maximum absolute atomic E-state index is 11.9. The highest BCUT2D eigenvalue weighted by atomic mass is 16.5. The predicted molar refractivity (Wildman–Crippen MR) is 74.9 cm³/mol. The van der Waals surface area contributed by atoms with Crippen LogP contribution in [-0.2, 0) is 4.74 Å². The van der Waals surface area contributed by atoms with Gasteiger partial charge in [0.2, 0.25) is 0 Å². The number of ether oxygens (including phenoxy) is 1. The summed E-state index contributed by atoms with van der Waals surface area (Å²) in [6, 6.07) is 7.49. The van der Waals surface area contributed by atoms with Crippen molar-refractivity contribution in [2.24, 2.45) is 0 Å². The topological polar surface area (TPSA) is 65.2 Å². The van der Waals surface area contributed by atoms with Crippen molar-refractivity contribution in [2.75, 3.05) is 12.8 Å². The number of aromatic nitrogens is 1. The van der Waals surface area contributed by atoms with E-state index in [1.165, 1.54) is 7.11 Å². The van der Waals surface area contributed by atoms with E-state index < -0.39 is 5.97 Å². The lowest BCUT2D eigenvalue weighted by molar-refractivity contribution is 0.0601. The Kier molecular flexibility index (Phi) is 3.51. The average Bonchev–Trinajstić information content (AvgIpc) is 2.41. The summed E-state index contributed by atoms with van der Waals surface area (Å²) in [7, 11) is 1.35. The summed E-state index contributed by atoms with van der Waals surface area (Å²) in [5.41, 5.74) is 10.1. The van der Waals surface area contributed by atoms with E-state index in [0.717, 1.165) is 22.3 Å². The monoisotopic (exact) mass is 256 g/mol. The minimum Gasteiger partial charge on any atom is -0.465 e. The van der Waals surface area contributed by atoms with Crippen molar-refractivity contribution in [2.45, 2.75) is 13.8 Å². The lowest BCUT2D eigenvalue weighted by atomic mass is 9.95. The molecule has 2 N–H and O–H groups in total. The number of methoxy groups -OCH3 is 1. The Bertz CT molecular complexity index is 636. The van der Waals surface area contributed by atoms with Gasteiger partial charge in [-0.15, -0.1) is 0 Å². The van der Waals surface area contributed by atoms with E-state index in [2.05, 4.69) is 4.98 Å². The fraction of sp³-hybridized carbons (Fsp3) is 0.200. The van der Waals surface area contributed by atoms with Crippen LogP contribution in [0.1, 0.15) is 21.5 Å². The summed E-state index contributed by atoms with van der Waals surface area (Å²) < 4.78 is 4.80. The fourth-order valence-electron chi connectivity index (χ4n) is 2.01. The molecule has 1 heterocycles. The van der Waals surface area contributed by atoms with Gasteiger partial charge in [0.15, 0.2) is 0 Å². The van der Waals surface area contributed by atoms with Crippen molar-refractivity contribution in [3.63, 3.8) is 0 Å². The number of nitrogens with zero attached hydrogens (tertiary/aromatic N) is 1. The molecule has 0 saturated carbocycles. The number of carbonyl (C=O) groups excluding carboxylic acids is 1. The number of nitrogens with two attached hydrogens (primary N) is 1. The van der Waals surface area contributed by atoms with Crippen LogP contribution in [0.25, 0.3) is 11.1 Å². The summed E-state index contributed by atoms with van der Waals surface area (Å²) in [4.78, 5) is 15.9. The fourth-order valence-corrected chi connectivity index (χ4v) is 2.01. The Balaban J connectivity index is 2.68. The molecule has 0 atom stereocenters. The second-order valence-corrected chi connectivity index (χ2v) is 4.39. The van der Waals surface area contributed by atoms with Gasteiger partial charge < -0.3 is 10.5 Å². The molecule has 0 aliphatic carbocycles. The van der Waals surface area contributed by atoms with Crippen LogP contribution < -0.4 is 5.73 Å². The number of anilines is 1. The second kappa shape index (κ2) is 5.10. The summed E-state index contributed by atoms with van der Waals surface area (Å²) in [5.74, 6) is -0.112. The molecule has 4 nitrogen and oxygen atoms in total. The first-order valence-corrected chi connectivity index (χ1v) is 5.95. The summed E-state index contributed by atoms with van der Waals surface area (Å²) in [6.07, 6.45) is 1.61. The molecule has 4 heteroatoms. The van der Waals surface area contributed by atoms with Gasteiger partial charge in [-0.2, -0.15) is 0 Å². The van der Waals surface area contributed by atoms with Gasteiger partial charge in [0.25, 0.3) is 0 Å². The van der Waals surface area contributed by atoms with E-state index in [9.17, 15) is 4.79 Å². The molecular formula is C15H16N2O2. The third kappa shape index (κ3) is 2.42. The number of rotatable bonds is 2. The van der Waals surface area contributed by atoms with Crippen LogP contribution in [0.3, 0.4) is 0 Å². The maximum Gasteiger partial charge on any atom is 0.338 e. The van der Waals surface area contributed by atoms with Crippen LogP contribution in [0.4, 0.5) is 5.82 Å². The Morgan fingerprint density at radius 3 is 2.68 bits per heavy atom. The van der Waals surface area contributed by atoms with Crippen molar-refractivity contribution in [3.8, 4) is 11.1 Å². The largest absolute Gasteiger partial charge is 0.465 e. The SMILES string of the molecule is COC(=O)c1cc(N)ncc1-c1cccc(C)c1C. The molecule has 0 aliphatic rings. The van der Waals surface area contributed by atoms with E-state index in [1.54, 1.807) is 12.3 Å². The highest BCUT2D eigenvalue weighted by Gasteiger charge is 2.16. The summed E-state index contributed by atoms with van der Waals surface area (Å²) >= 11 is 0. The molecule has 1 aromatic heterocycles. The van der Waals surface area contributed by atoms with Crippen molar-refractivity contribution >= 4 is 11.8 Å². The molecule has 0 fully saturated rings. The van der Waals surface area contributed by atoms with Crippen LogP contribution in [0.2, 0.25) is 0 Å². The van der Waals surface area contributed by atoms with Crippen molar-refractivity contribution < 1.29 is 9.53 Å². The van der Waals surface area contributed by atoms with Crippen LogP contribution in [0.5, 0.6) is 0 Å². The normalized spacial score (nSPS) is 10.3. The zero-order valence-electron chi connectivity index (χ0n) is 11.2. The lowest BCUT2D eigenvalue weighted by Gasteiger charge is -2.12. The molecule has 98 valence electrons. The quantitative estimate of drug-likeness (QED) is 0.839. The number of pyridine rings is 1. The van der Waals surface area contributed by atoms with Crippen LogP contribution >= 0.6 is 0 Å². The molecular weight excluding hydrogens is 240 g/mol. The minimum absolute atomic E-state index is 0.300. The molecule has 0 radical (unpaired) electrons. The van der Waals surface area contributed by atoms with E-state index in [-0.39, 0.29) is 0 Å². The Morgan fingerprint density at radius 2 is 2.00 bits per heavy atom. The van der Waals surface area contributed by atoms with Crippen LogP contribution in [-0.4, -0.2) is 18.1 Å². The zero-order valence-corrected chi connectivity index (χ0v) is 11.2. The number of carbonyl (C=O) groups is 1. The molecule has 19 heavy (non-hydrogen) atoms. The van der Waals surface area contributed by atoms with Gasteiger partial charge >= 0.3 is 5.97 Å². The van der Waals surface area contributed by atoms with Gasteiger partial charge in [0.05, 0.1) is 12.7 Å². The highest BCUT2D eigenvalue weighted by Crippen LogP contribution is 2.29. The summed E-state index contributed by atoms with van der Waals surface area (Å²) in [5, 5.41) is 0. The number of esters is 1. The van der Waals surface area contributed by atoms with Gasteiger partial charge in [0.1, 0.15) is 5.82 Å². The molecule has 0 bridgehead atoms. The number of nitrogen functional groups attached to an aromatic ring is 1. The first-order valence-electron chi connectivity index (χ1n) is 5.95. The first-order chi connectivity index (χ1) is 9.04. The predicted octanol–water partition coefficient (Wildman–Crippen LogP) is 2.73. The Morgan fingerprint density at radius 1 is 1.26 bits per heavy atom. The minimum atomic E-state index is -0.412. The van der Waals surface area contributed by atoms with Gasteiger partial charge in [-0.1, -0.05) is 18.2 Å². The molecule has 2 aromatic rings. The maximum atomic E-state index is 11.9. The van der Waals surface area contributed by atoms with E-state index in [1.807, 2.05) is 32.0 Å². The standard InChI is InChI=1S/C15H16N2O2/c1-9-5-4-6-11(10(9)2)13-8-17-14(16)7-12(13)15(18)19-3/h4-8H,1-3H3,(H2,16,17). The third-order valence-electron chi connectivity index (χ3n) is 3.23. The smallest absolute Gasteiger partial charge is 0.338 e.